The molecule has 0 aromatic heterocycles. The van der Waals surface area contributed by atoms with E-state index in [4.69, 9.17) is 10.00 Å². The molecule has 0 aliphatic carbocycles. The van der Waals surface area contributed by atoms with E-state index < -0.39 is 4.92 Å². The molecule has 144 valence electrons. The highest BCUT2D eigenvalue weighted by Gasteiger charge is 2.23. The van der Waals surface area contributed by atoms with Crippen molar-refractivity contribution in [2.45, 2.75) is 13.0 Å². The Kier molecular flexibility index (Phi) is 5.87. The topological polar surface area (TPSA) is 108 Å². The monoisotopic (exact) mass is 380 g/mol. The maximum Gasteiger partial charge on any atom is 0.270 e. The molecule has 0 spiro atoms. The number of carbonyl (C=O) groups is 1. The van der Waals surface area contributed by atoms with Gasteiger partial charge in [-0.05, 0) is 30.7 Å². The number of benzene rings is 2. The summed E-state index contributed by atoms with van der Waals surface area (Å²) in [4.78, 5) is 25.6. The van der Waals surface area contributed by atoms with Gasteiger partial charge in [-0.2, -0.15) is 5.26 Å². The molecule has 1 unspecified atom stereocenters. The van der Waals surface area contributed by atoms with Crippen LogP contribution in [0.15, 0.2) is 42.5 Å². The lowest BCUT2D eigenvalue weighted by molar-refractivity contribution is -0.384. The number of hydrogen-bond donors (Lipinski definition) is 1. The van der Waals surface area contributed by atoms with Crippen LogP contribution >= 0.6 is 0 Å². The molecule has 1 fully saturated rings. The second kappa shape index (κ2) is 8.50. The fourth-order valence-electron chi connectivity index (χ4n) is 3.10. The van der Waals surface area contributed by atoms with Crippen LogP contribution in [0.5, 0.6) is 0 Å². The van der Waals surface area contributed by atoms with Gasteiger partial charge in [-0.1, -0.05) is 12.1 Å². The predicted octanol–water partition coefficient (Wildman–Crippen LogP) is 2.79. The first-order chi connectivity index (χ1) is 13.5. The molecule has 0 saturated carbocycles. The highest BCUT2D eigenvalue weighted by molar-refractivity contribution is 6.00. The fraction of sp³-hybridized carbons (Fsp3) is 0.300. The highest BCUT2D eigenvalue weighted by atomic mass is 16.6. The van der Waals surface area contributed by atoms with Crippen molar-refractivity contribution < 1.29 is 14.5 Å². The molecule has 3 rings (SSSR count). The molecule has 1 aliphatic rings. The molecule has 1 N–H and O–H groups in total. The van der Waals surface area contributed by atoms with Crippen molar-refractivity contribution in [1.82, 2.24) is 5.32 Å². The molecule has 0 bridgehead atoms. The first kappa shape index (κ1) is 19.3. The second-order valence-corrected chi connectivity index (χ2v) is 6.49. The minimum Gasteiger partial charge on any atom is -0.378 e. The SMILES string of the molecule is CC(NC(=O)c1cc([N+](=O)[O-])ccc1N1CCOCC1)c1ccc(C#N)cc1. The Hall–Kier alpha value is -3.44. The zero-order valence-electron chi connectivity index (χ0n) is 15.4. The smallest absolute Gasteiger partial charge is 0.270 e. The van der Waals surface area contributed by atoms with Crippen LogP contribution in [-0.4, -0.2) is 37.1 Å². The summed E-state index contributed by atoms with van der Waals surface area (Å²) in [5.74, 6) is -0.387. The van der Waals surface area contributed by atoms with Gasteiger partial charge in [0.25, 0.3) is 11.6 Å². The van der Waals surface area contributed by atoms with Crippen LogP contribution in [0.2, 0.25) is 0 Å². The quantitative estimate of drug-likeness (QED) is 0.631. The van der Waals surface area contributed by atoms with Crippen LogP contribution in [0.25, 0.3) is 0 Å². The number of nitrogens with one attached hydrogen (secondary N) is 1. The van der Waals surface area contributed by atoms with Crippen molar-refractivity contribution in [1.29, 1.82) is 5.26 Å². The number of hydrogen-bond acceptors (Lipinski definition) is 6. The molecule has 1 saturated heterocycles. The average molecular weight is 380 g/mol. The van der Waals surface area contributed by atoms with Crippen molar-refractivity contribution in [2.24, 2.45) is 0 Å². The number of carbonyl (C=O) groups excluding carboxylic acids is 1. The largest absolute Gasteiger partial charge is 0.378 e. The Labute approximate surface area is 162 Å². The van der Waals surface area contributed by atoms with E-state index in [2.05, 4.69) is 11.4 Å². The van der Waals surface area contributed by atoms with E-state index in [-0.39, 0.29) is 23.2 Å². The Bertz CT molecular complexity index is 915. The summed E-state index contributed by atoms with van der Waals surface area (Å²) in [5.41, 5.74) is 2.16. The lowest BCUT2D eigenvalue weighted by Gasteiger charge is -2.30. The lowest BCUT2D eigenvalue weighted by Crippen LogP contribution is -2.38. The maximum atomic E-state index is 12.9. The number of rotatable bonds is 5. The van der Waals surface area contributed by atoms with Gasteiger partial charge in [-0.25, -0.2) is 0 Å². The van der Waals surface area contributed by atoms with Gasteiger partial charge in [-0.15, -0.1) is 0 Å². The minimum atomic E-state index is -0.510. The molecule has 1 amide bonds. The molecule has 2 aromatic rings. The molecular formula is C20H20N4O4. The summed E-state index contributed by atoms with van der Waals surface area (Å²) in [6.45, 7) is 4.14. The molecule has 0 radical (unpaired) electrons. The van der Waals surface area contributed by atoms with Gasteiger partial charge in [0.05, 0.1) is 47.1 Å². The van der Waals surface area contributed by atoms with E-state index in [0.717, 1.165) is 5.56 Å². The predicted molar refractivity (Wildman–Crippen MR) is 103 cm³/mol. The first-order valence-electron chi connectivity index (χ1n) is 8.91. The number of nitro benzene ring substituents is 1. The summed E-state index contributed by atoms with van der Waals surface area (Å²) < 4.78 is 5.35. The van der Waals surface area contributed by atoms with E-state index in [1.807, 2.05) is 11.8 Å². The normalized spacial score (nSPS) is 14.8. The number of ether oxygens (including phenoxy) is 1. The molecule has 8 nitrogen and oxygen atoms in total. The molecular weight excluding hydrogens is 360 g/mol. The summed E-state index contributed by atoms with van der Waals surface area (Å²) in [5, 5.41) is 23.0. The van der Waals surface area contributed by atoms with Gasteiger partial charge >= 0.3 is 0 Å². The van der Waals surface area contributed by atoms with Gasteiger partial charge in [0.15, 0.2) is 0 Å². The van der Waals surface area contributed by atoms with E-state index in [1.54, 1.807) is 30.3 Å². The van der Waals surface area contributed by atoms with Gasteiger partial charge in [0.2, 0.25) is 0 Å². The van der Waals surface area contributed by atoms with Gasteiger partial charge in [0.1, 0.15) is 0 Å². The number of nitro groups is 1. The number of amides is 1. The Balaban J connectivity index is 1.86. The lowest BCUT2D eigenvalue weighted by atomic mass is 10.0. The van der Waals surface area contributed by atoms with E-state index >= 15 is 0 Å². The average Bonchev–Trinajstić information content (AvgIpc) is 2.73. The standard InChI is InChI=1S/C20H20N4O4/c1-14(16-4-2-15(13-21)3-5-16)22-20(25)18-12-17(24(26)27)6-7-19(18)23-8-10-28-11-9-23/h2-7,12,14H,8-11H2,1H3,(H,22,25). The Morgan fingerprint density at radius 1 is 1.25 bits per heavy atom. The Morgan fingerprint density at radius 3 is 2.54 bits per heavy atom. The molecule has 1 heterocycles. The summed E-state index contributed by atoms with van der Waals surface area (Å²) >= 11 is 0. The van der Waals surface area contributed by atoms with Gasteiger partial charge in [0, 0.05) is 25.2 Å². The third-order valence-corrected chi connectivity index (χ3v) is 4.67. The number of anilines is 1. The third kappa shape index (κ3) is 4.27. The molecule has 8 heteroatoms. The van der Waals surface area contributed by atoms with Gasteiger partial charge in [-0.3, -0.25) is 14.9 Å². The third-order valence-electron chi connectivity index (χ3n) is 4.67. The molecule has 1 aliphatic heterocycles. The zero-order valence-corrected chi connectivity index (χ0v) is 15.4. The molecule has 2 aromatic carbocycles. The minimum absolute atomic E-state index is 0.131. The van der Waals surface area contributed by atoms with E-state index in [0.29, 0.717) is 37.6 Å². The summed E-state index contributed by atoms with van der Waals surface area (Å²) in [6.07, 6.45) is 0. The summed E-state index contributed by atoms with van der Waals surface area (Å²) in [7, 11) is 0. The Morgan fingerprint density at radius 2 is 1.93 bits per heavy atom. The summed E-state index contributed by atoms with van der Waals surface area (Å²) in [6, 6.07) is 13.0. The number of nitrogens with zero attached hydrogens (tertiary/aromatic N) is 3. The number of morpholine rings is 1. The molecule has 1 atom stereocenters. The van der Waals surface area contributed by atoms with E-state index in [9.17, 15) is 14.9 Å². The van der Waals surface area contributed by atoms with E-state index in [1.165, 1.54) is 12.1 Å². The fourth-order valence-corrected chi connectivity index (χ4v) is 3.10. The zero-order chi connectivity index (χ0) is 20.1. The van der Waals surface area contributed by atoms with Crippen molar-refractivity contribution in [3.63, 3.8) is 0 Å². The first-order valence-corrected chi connectivity index (χ1v) is 8.91. The van der Waals surface area contributed by atoms with Crippen LogP contribution in [0, 0.1) is 21.4 Å². The molecule has 28 heavy (non-hydrogen) atoms. The van der Waals surface area contributed by atoms with Crippen molar-refractivity contribution >= 4 is 17.3 Å². The van der Waals surface area contributed by atoms with Gasteiger partial charge < -0.3 is 15.0 Å². The number of non-ortho nitro benzene ring substituents is 1. The van der Waals surface area contributed by atoms with Crippen LogP contribution < -0.4 is 10.2 Å². The van der Waals surface area contributed by atoms with Crippen molar-refractivity contribution in [2.75, 3.05) is 31.2 Å². The number of nitriles is 1. The second-order valence-electron chi connectivity index (χ2n) is 6.49. The maximum absolute atomic E-state index is 12.9. The van der Waals surface area contributed by atoms with Crippen LogP contribution in [-0.2, 0) is 4.74 Å². The van der Waals surface area contributed by atoms with Crippen molar-refractivity contribution in [3.05, 3.63) is 69.3 Å². The van der Waals surface area contributed by atoms with Crippen LogP contribution in [0.3, 0.4) is 0 Å². The van der Waals surface area contributed by atoms with Crippen LogP contribution in [0.4, 0.5) is 11.4 Å². The van der Waals surface area contributed by atoms with Crippen LogP contribution in [0.1, 0.15) is 34.5 Å². The van der Waals surface area contributed by atoms with Crippen molar-refractivity contribution in [3.8, 4) is 6.07 Å². The highest BCUT2D eigenvalue weighted by Crippen LogP contribution is 2.27.